The van der Waals surface area contributed by atoms with Gasteiger partial charge in [0, 0.05) is 25.1 Å². The zero-order valence-corrected chi connectivity index (χ0v) is 18.0. The highest BCUT2D eigenvalue weighted by Gasteiger charge is 2.11. The molecule has 0 spiro atoms. The number of benzene rings is 2. The smallest absolute Gasteiger partial charge is 0.246 e. The molecule has 5 heteroatoms. The second-order valence-electron chi connectivity index (χ2n) is 7.51. The molecule has 2 aromatic carbocycles. The predicted octanol–water partition coefficient (Wildman–Crippen LogP) is 4.69. The fourth-order valence-electron chi connectivity index (χ4n) is 3.39. The van der Waals surface area contributed by atoms with E-state index in [1.165, 1.54) is 5.56 Å². The van der Waals surface area contributed by atoms with Crippen molar-refractivity contribution >= 4 is 16.9 Å². The van der Waals surface area contributed by atoms with E-state index in [-0.39, 0.29) is 5.91 Å². The molecule has 5 nitrogen and oxygen atoms in total. The highest BCUT2D eigenvalue weighted by atomic mass is 16.5. The summed E-state index contributed by atoms with van der Waals surface area (Å²) >= 11 is 0. The van der Waals surface area contributed by atoms with Crippen LogP contribution in [0.4, 0.5) is 0 Å². The van der Waals surface area contributed by atoms with Gasteiger partial charge < -0.3 is 14.6 Å². The van der Waals surface area contributed by atoms with E-state index in [1.54, 1.807) is 6.92 Å². The van der Waals surface area contributed by atoms with Gasteiger partial charge in [-0.1, -0.05) is 37.8 Å². The largest absolute Gasteiger partial charge is 0.494 e. The van der Waals surface area contributed by atoms with Gasteiger partial charge in [-0.2, -0.15) is 0 Å². The number of hydrogen-bond acceptors (Lipinski definition) is 3. The van der Waals surface area contributed by atoms with E-state index in [9.17, 15) is 4.79 Å². The molecule has 0 unspecified atom stereocenters. The molecule has 1 heterocycles. The van der Waals surface area contributed by atoms with E-state index in [0.29, 0.717) is 25.1 Å². The van der Waals surface area contributed by atoms with Crippen LogP contribution in [-0.2, 0) is 24.2 Å². The molecule has 1 aromatic heterocycles. The first-order chi connectivity index (χ1) is 14.6. The van der Waals surface area contributed by atoms with Crippen molar-refractivity contribution in [3.8, 4) is 5.75 Å². The standard InChI is InChI=1S/C25H31N3O2/c1-4-20-11-13-21(14-12-20)30-18-8-7-17-28-23-10-6-5-9-22(23)27-24(28)15-16-26-25(29)19(2)3/h5-6,9-14H,2,4,7-8,15-18H2,1,3H3,(H,26,29). The Morgan fingerprint density at radius 3 is 2.63 bits per heavy atom. The molecule has 0 saturated heterocycles. The number of unbranched alkanes of at least 4 members (excludes halogenated alkanes) is 1. The third-order valence-corrected chi connectivity index (χ3v) is 5.13. The lowest BCUT2D eigenvalue weighted by atomic mass is 10.2. The van der Waals surface area contributed by atoms with Crippen LogP contribution in [0, 0.1) is 0 Å². The molecule has 1 N–H and O–H groups in total. The van der Waals surface area contributed by atoms with Crippen molar-refractivity contribution in [2.24, 2.45) is 0 Å². The topological polar surface area (TPSA) is 56.2 Å². The van der Waals surface area contributed by atoms with Crippen molar-refractivity contribution in [3.05, 3.63) is 72.1 Å². The third kappa shape index (κ3) is 5.72. The summed E-state index contributed by atoms with van der Waals surface area (Å²) in [4.78, 5) is 16.5. The number of carbonyl (C=O) groups excluding carboxylic acids is 1. The van der Waals surface area contributed by atoms with Gasteiger partial charge >= 0.3 is 0 Å². The SMILES string of the molecule is C=C(C)C(=O)NCCc1nc2ccccc2n1CCCCOc1ccc(CC)cc1. The van der Waals surface area contributed by atoms with Gasteiger partial charge in [-0.15, -0.1) is 0 Å². The Morgan fingerprint density at radius 2 is 1.90 bits per heavy atom. The average molecular weight is 406 g/mol. The van der Waals surface area contributed by atoms with Crippen LogP contribution in [-0.4, -0.2) is 28.6 Å². The van der Waals surface area contributed by atoms with E-state index in [0.717, 1.165) is 48.4 Å². The average Bonchev–Trinajstić information content (AvgIpc) is 3.11. The Balaban J connectivity index is 1.54. The summed E-state index contributed by atoms with van der Waals surface area (Å²) in [5.74, 6) is 1.81. The minimum atomic E-state index is -0.109. The van der Waals surface area contributed by atoms with Gasteiger partial charge in [-0.05, 0) is 56.0 Å². The normalized spacial score (nSPS) is 10.9. The Bertz CT molecular complexity index is 989. The van der Waals surface area contributed by atoms with E-state index in [2.05, 4.69) is 41.6 Å². The summed E-state index contributed by atoms with van der Waals surface area (Å²) < 4.78 is 8.14. The van der Waals surface area contributed by atoms with Crippen molar-refractivity contribution in [1.82, 2.24) is 14.9 Å². The zero-order valence-electron chi connectivity index (χ0n) is 18.0. The van der Waals surface area contributed by atoms with Crippen molar-refractivity contribution < 1.29 is 9.53 Å². The second kappa shape index (κ2) is 10.6. The minimum absolute atomic E-state index is 0.109. The molecule has 0 bridgehead atoms. The van der Waals surface area contributed by atoms with E-state index >= 15 is 0 Å². The second-order valence-corrected chi connectivity index (χ2v) is 7.51. The van der Waals surface area contributed by atoms with Crippen LogP contribution in [0.3, 0.4) is 0 Å². The van der Waals surface area contributed by atoms with Crippen molar-refractivity contribution in [3.63, 3.8) is 0 Å². The van der Waals surface area contributed by atoms with Gasteiger partial charge in [0.05, 0.1) is 17.6 Å². The monoisotopic (exact) mass is 405 g/mol. The molecular weight excluding hydrogens is 374 g/mol. The minimum Gasteiger partial charge on any atom is -0.494 e. The fraction of sp³-hybridized carbons (Fsp3) is 0.360. The Labute approximate surface area is 178 Å². The molecule has 0 aliphatic heterocycles. The number of para-hydroxylation sites is 2. The molecule has 30 heavy (non-hydrogen) atoms. The maximum absolute atomic E-state index is 11.7. The summed E-state index contributed by atoms with van der Waals surface area (Å²) in [7, 11) is 0. The van der Waals surface area contributed by atoms with Crippen LogP contribution in [0.1, 0.15) is 38.1 Å². The molecule has 158 valence electrons. The molecule has 0 atom stereocenters. The molecule has 0 radical (unpaired) electrons. The molecule has 3 rings (SSSR count). The molecule has 0 fully saturated rings. The first-order valence-corrected chi connectivity index (χ1v) is 10.7. The molecule has 0 aliphatic rings. The van der Waals surface area contributed by atoms with Gasteiger partial charge in [0.15, 0.2) is 0 Å². The maximum atomic E-state index is 11.7. The first kappa shape index (κ1) is 21.6. The number of rotatable bonds is 11. The highest BCUT2D eigenvalue weighted by Crippen LogP contribution is 2.18. The number of ether oxygens (including phenoxy) is 1. The quantitative estimate of drug-likeness (QED) is 0.372. The Kier molecular flexibility index (Phi) is 7.66. The van der Waals surface area contributed by atoms with Crippen molar-refractivity contribution in [1.29, 1.82) is 0 Å². The van der Waals surface area contributed by atoms with Gasteiger partial charge in [0.1, 0.15) is 11.6 Å². The van der Waals surface area contributed by atoms with E-state index in [1.807, 2.05) is 30.3 Å². The number of hydrogen-bond donors (Lipinski definition) is 1. The van der Waals surface area contributed by atoms with Crippen molar-refractivity contribution in [2.45, 2.75) is 46.1 Å². The van der Waals surface area contributed by atoms with Gasteiger partial charge in [0.2, 0.25) is 5.91 Å². The Morgan fingerprint density at radius 1 is 1.13 bits per heavy atom. The molecule has 3 aromatic rings. The van der Waals surface area contributed by atoms with Gasteiger partial charge in [0.25, 0.3) is 0 Å². The number of imidazole rings is 1. The van der Waals surface area contributed by atoms with Crippen LogP contribution in [0.15, 0.2) is 60.7 Å². The molecular formula is C25H31N3O2. The summed E-state index contributed by atoms with van der Waals surface area (Å²) in [6.07, 6.45) is 3.69. The van der Waals surface area contributed by atoms with Crippen LogP contribution in [0.25, 0.3) is 11.0 Å². The number of nitrogens with zero attached hydrogens (tertiary/aromatic N) is 2. The number of amides is 1. The van der Waals surface area contributed by atoms with Gasteiger partial charge in [-0.3, -0.25) is 4.79 Å². The number of aromatic nitrogens is 2. The van der Waals surface area contributed by atoms with Gasteiger partial charge in [-0.25, -0.2) is 4.98 Å². The van der Waals surface area contributed by atoms with Crippen molar-refractivity contribution in [2.75, 3.05) is 13.2 Å². The molecule has 0 aliphatic carbocycles. The van der Waals surface area contributed by atoms with Crippen LogP contribution in [0.2, 0.25) is 0 Å². The van der Waals surface area contributed by atoms with E-state index in [4.69, 9.17) is 9.72 Å². The Hall–Kier alpha value is -3.08. The van der Waals surface area contributed by atoms with Crippen LogP contribution < -0.4 is 10.1 Å². The number of fused-ring (bicyclic) bond motifs is 1. The lowest BCUT2D eigenvalue weighted by Gasteiger charge is -2.11. The lowest BCUT2D eigenvalue weighted by molar-refractivity contribution is -0.117. The summed E-state index contributed by atoms with van der Waals surface area (Å²) in [6.45, 7) is 9.66. The molecule has 1 amide bonds. The maximum Gasteiger partial charge on any atom is 0.246 e. The summed E-state index contributed by atoms with van der Waals surface area (Å²) in [5.41, 5.74) is 3.97. The highest BCUT2D eigenvalue weighted by molar-refractivity contribution is 5.92. The zero-order chi connectivity index (χ0) is 21.3. The summed E-state index contributed by atoms with van der Waals surface area (Å²) in [6, 6.07) is 16.5. The predicted molar refractivity (Wildman–Crippen MR) is 122 cm³/mol. The third-order valence-electron chi connectivity index (χ3n) is 5.13. The first-order valence-electron chi connectivity index (χ1n) is 10.7. The molecule has 0 saturated carbocycles. The van der Waals surface area contributed by atoms with Crippen LogP contribution in [0.5, 0.6) is 5.75 Å². The lowest BCUT2D eigenvalue weighted by Crippen LogP contribution is -2.26. The fourth-order valence-corrected chi connectivity index (χ4v) is 3.39. The van der Waals surface area contributed by atoms with E-state index < -0.39 is 0 Å². The number of aryl methyl sites for hydroxylation is 2. The number of nitrogens with one attached hydrogen (secondary N) is 1. The summed E-state index contributed by atoms with van der Waals surface area (Å²) in [5, 5.41) is 2.89. The van der Waals surface area contributed by atoms with Crippen LogP contribution >= 0.6 is 0 Å². The number of carbonyl (C=O) groups is 1.